The van der Waals surface area contributed by atoms with Gasteiger partial charge in [0.25, 0.3) is 0 Å². The van der Waals surface area contributed by atoms with E-state index in [1.807, 2.05) is 48.7 Å². The van der Waals surface area contributed by atoms with Gasteiger partial charge in [-0.2, -0.15) is 0 Å². The predicted octanol–water partition coefficient (Wildman–Crippen LogP) is 2.92. The van der Waals surface area contributed by atoms with Crippen LogP contribution in [-0.2, 0) is 4.74 Å². The summed E-state index contributed by atoms with van der Waals surface area (Å²) in [7, 11) is 0. The van der Waals surface area contributed by atoms with E-state index in [0.29, 0.717) is 12.3 Å². The van der Waals surface area contributed by atoms with Crippen LogP contribution in [0.3, 0.4) is 0 Å². The predicted molar refractivity (Wildman–Crippen MR) is 69.4 cm³/mol. The summed E-state index contributed by atoms with van der Waals surface area (Å²) in [5, 5.41) is 0. The molecule has 0 aliphatic rings. The SMILES string of the molecule is CCOC(C)n1c(C=O)cnc1-c1ccccc1. The molecule has 0 spiro atoms. The largest absolute Gasteiger partial charge is 0.359 e. The van der Waals surface area contributed by atoms with Crippen LogP contribution >= 0.6 is 0 Å². The minimum Gasteiger partial charge on any atom is -0.359 e. The fourth-order valence-corrected chi connectivity index (χ4v) is 1.96. The average Bonchev–Trinajstić information content (AvgIpc) is 2.84. The zero-order chi connectivity index (χ0) is 13.0. The summed E-state index contributed by atoms with van der Waals surface area (Å²) < 4.78 is 7.37. The van der Waals surface area contributed by atoms with E-state index < -0.39 is 0 Å². The van der Waals surface area contributed by atoms with Crippen molar-refractivity contribution in [1.82, 2.24) is 9.55 Å². The average molecular weight is 244 g/mol. The van der Waals surface area contributed by atoms with Crippen molar-refractivity contribution >= 4 is 6.29 Å². The molecule has 0 N–H and O–H groups in total. The van der Waals surface area contributed by atoms with E-state index in [-0.39, 0.29) is 6.23 Å². The van der Waals surface area contributed by atoms with Gasteiger partial charge in [-0.15, -0.1) is 0 Å². The van der Waals surface area contributed by atoms with Crippen molar-refractivity contribution in [2.45, 2.75) is 20.1 Å². The molecule has 2 aromatic rings. The molecule has 0 fully saturated rings. The number of ether oxygens (including phenoxy) is 1. The van der Waals surface area contributed by atoms with Crippen LogP contribution in [0.5, 0.6) is 0 Å². The molecule has 4 heteroatoms. The van der Waals surface area contributed by atoms with Gasteiger partial charge >= 0.3 is 0 Å². The zero-order valence-corrected chi connectivity index (χ0v) is 10.5. The molecule has 0 radical (unpaired) electrons. The van der Waals surface area contributed by atoms with Gasteiger partial charge < -0.3 is 4.74 Å². The summed E-state index contributed by atoms with van der Waals surface area (Å²) in [6, 6.07) is 9.77. The van der Waals surface area contributed by atoms with Gasteiger partial charge in [-0.05, 0) is 13.8 Å². The number of aldehydes is 1. The van der Waals surface area contributed by atoms with Crippen LogP contribution in [0.15, 0.2) is 36.5 Å². The van der Waals surface area contributed by atoms with Gasteiger partial charge in [-0.25, -0.2) is 4.98 Å². The third-order valence-corrected chi connectivity index (χ3v) is 2.75. The summed E-state index contributed by atoms with van der Waals surface area (Å²) in [5.41, 5.74) is 1.49. The highest BCUT2D eigenvalue weighted by Gasteiger charge is 2.16. The lowest BCUT2D eigenvalue weighted by atomic mass is 10.2. The quantitative estimate of drug-likeness (QED) is 0.759. The van der Waals surface area contributed by atoms with Gasteiger partial charge in [0.2, 0.25) is 0 Å². The minimum atomic E-state index is -0.215. The van der Waals surface area contributed by atoms with Crippen molar-refractivity contribution in [3.8, 4) is 11.4 Å². The highest BCUT2D eigenvalue weighted by molar-refractivity contribution is 5.74. The molecule has 0 saturated carbocycles. The number of rotatable bonds is 5. The minimum absolute atomic E-state index is 0.215. The van der Waals surface area contributed by atoms with Crippen molar-refractivity contribution in [3.05, 3.63) is 42.2 Å². The summed E-state index contributed by atoms with van der Waals surface area (Å²) in [6.07, 6.45) is 2.16. The van der Waals surface area contributed by atoms with Crippen LogP contribution in [0.2, 0.25) is 0 Å². The van der Waals surface area contributed by atoms with Gasteiger partial charge in [-0.1, -0.05) is 30.3 Å². The lowest BCUT2D eigenvalue weighted by molar-refractivity contribution is 0.0246. The number of benzene rings is 1. The second-order valence-electron chi connectivity index (χ2n) is 3.92. The van der Waals surface area contributed by atoms with Crippen LogP contribution < -0.4 is 0 Å². The monoisotopic (exact) mass is 244 g/mol. The molecule has 1 heterocycles. The van der Waals surface area contributed by atoms with Crippen LogP contribution in [-0.4, -0.2) is 22.4 Å². The maximum atomic E-state index is 11.1. The van der Waals surface area contributed by atoms with E-state index in [9.17, 15) is 4.79 Å². The van der Waals surface area contributed by atoms with Crippen LogP contribution in [0, 0.1) is 0 Å². The molecule has 18 heavy (non-hydrogen) atoms. The Morgan fingerprint density at radius 3 is 2.72 bits per heavy atom. The van der Waals surface area contributed by atoms with E-state index in [4.69, 9.17) is 4.74 Å². The van der Waals surface area contributed by atoms with E-state index in [0.717, 1.165) is 17.7 Å². The standard InChI is InChI=1S/C14H16N2O2/c1-3-18-11(2)16-13(10-17)9-15-14(16)12-7-5-4-6-8-12/h4-11H,3H2,1-2H3. The molecule has 4 nitrogen and oxygen atoms in total. The van der Waals surface area contributed by atoms with Crippen LogP contribution in [0.4, 0.5) is 0 Å². The molecule has 0 amide bonds. The summed E-state index contributed by atoms with van der Waals surface area (Å²) in [4.78, 5) is 15.4. The normalized spacial score (nSPS) is 12.3. The van der Waals surface area contributed by atoms with Crippen molar-refractivity contribution in [2.24, 2.45) is 0 Å². The van der Waals surface area contributed by atoms with Gasteiger partial charge in [0.15, 0.2) is 6.29 Å². The molecule has 0 aliphatic carbocycles. The number of hydrogen-bond donors (Lipinski definition) is 0. The second kappa shape index (κ2) is 5.60. The van der Waals surface area contributed by atoms with E-state index >= 15 is 0 Å². The Morgan fingerprint density at radius 1 is 1.39 bits per heavy atom. The van der Waals surface area contributed by atoms with Crippen molar-refractivity contribution in [1.29, 1.82) is 0 Å². The molecule has 0 aliphatic heterocycles. The fourth-order valence-electron chi connectivity index (χ4n) is 1.96. The molecule has 94 valence electrons. The molecule has 0 bridgehead atoms. The topological polar surface area (TPSA) is 44.1 Å². The summed E-state index contributed by atoms with van der Waals surface area (Å²) in [6.45, 7) is 4.42. The summed E-state index contributed by atoms with van der Waals surface area (Å²) in [5.74, 6) is 0.749. The third kappa shape index (κ3) is 2.33. The lowest BCUT2D eigenvalue weighted by Gasteiger charge is -2.17. The second-order valence-corrected chi connectivity index (χ2v) is 3.92. The Bertz CT molecular complexity index is 520. The van der Waals surface area contributed by atoms with Gasteiger partial charge in [-0.3, -0.25) is 9.36 Å². The van der Waals surface area contributed by atoms with Crippen molar-refractivity contribution in [3.63, 3.8) is 0 Å². The van der Waals surface area contributed by atoms with E-state index in [1.165, 1.54) is 0 Å². The smallest absolute Gasteiger partial charge is 0.168 e. The molecular formula is C14H16N2O2. The molecule has 1 unspecified atom stereocenters. The van der Waals surface area contributed by atoms with Gasteiger partial charge in [0, 0.05) is 12.2 Å². The third-order valence-electron chi connectivity index (χ3n) is 2.75. The maximum absolute atomic E-state index is 11.1. The highest BCUT2D eigenvalue weighted by Crippen LogP contribution is 2.23. The Labute approximate surface area is 106 Å². The first kappa shape index (κ1) is 12.5. The number of nitrogens with zero attached hydrogens (tertiary/aromatic N) is 2. The van der Waals surface area contributed by atoms with E-state index in [2.05, 4.69) is 4.98 Å². The molecule has 2 rings (SSSR count). The first-order valence-electron chi connectivity index (χ1n) is 5.97. The molecule has 0 saturated heterocycles. The molecular weight excluding hydrogens is 228 g/mol. The maximum Gasteiger partial charge on any atom is 0.168 e. The Morgan fingerprint density at radius 2 is 2.11 bits per heavy atom. The number of carbonyl (C=O) groups is 1. The first-order valence-corrected chi connectivity index (χ1v) is 5.97. The lowest BCUT2D eigenvalue weighted by Crippen LogP contribution is -2.13. The van der Waals surface area contributed by atoms with E-state index in [1.54, 1.807) is 6.20 Å². The van der Waals surface area contributed by atoms with Crippen LogP contribution in [0.1, 0.15) is 30.6 Å². The Kier molecular flexibility index (Phi) is 3.89. The van der Waals surface area contributed by atoms with Crippen LogP contribution in [0.25, 0.3) is 11.4 Å². The highest BCUT2D eigenvalue weighted by atomic mass is 16.5. The number of aromatic nitrogens is 2. The Balaban J connectivity index is 2.48. The first-order chi connectivity index (χ1) is 8.77. The number of imidazole rings is 1. The van der Waals surface area contributed by atoms with Crippen molar-refractivity contribution < 1.29 is 9.53 Å². The summed E-state index contributed by atoms with van der Waals surface area (Å²) >= 11 is 0. The molecule has 1 atom stereocenters. The number of hydrogen-bond acceptors (Lipinski definition) is 3. The fraction of sp³-hybridized carbons (Fsp3) is 0.286. The molecule has 1 aromatic carbocycles. The van der Waals surface area contributed by atoms with Gasteiger partial charge in [0.05, 0.1) is 6.20 Å². The zero-order valence-electron chi connectivity index (χ0n) is 10.5. The van der Waals surface area contributed by atoms with Crippen molar-refractivity contribution in [2.75, 3.05) is 6.61 Å². The molecule has 1 aromatic heterocycles. The van der Waals surface area contributed by atoms with Gasteiger partial charge in [0.1, 0.15) is 17.7 Å². The Hall–Kier alpha value is -1.94. The number of carbonyl (C=O) groups excluding carboxylic acids is 1.